The van der Waals surface area contributed by atoms with E-state index in [1.54, 1.807) is 0 Å². The van der Waals surface area contributed by atoms with E-state index in [1.807, 2.05) is 23.5 Å². The predicted octanol–water partition coefficient (Wildman–Crippen LogP) is 15.6. The minimum absolute atomic E-state index is 0.874. The minimum Gasteiger partial charge on any atom is -0.456 e. The van der Waals surface area contributed by atoms with Crippen LogP contribution in [0, 0.1) is 0 Å². The van der Waals surface area contributed by atoms with Crippen LogP contribution in [0.3, 0.4) is 0 Å². The summed E-state index contributed by atoms with van der Waals surface area (Å²) in [5.74, 6) is 0. The van der Waals surface area contributed by atoms with Crippen LogP contribution in [0.1, 0.15) is 0 Å². The number of benzene rings is 9. The molecule has 0 fully saturated rings. The SMILES string of the molecule is c1cc(-c2ccc(N(c3ccc(-c4cccc5c4sc4ccccc45)cc3)c3cccc4oc5ccccc5c34)cc2)cc(-c2ccc3ccccc3c2)c1. The summed E-state index contributed by atoms with van der Waals surface area (Å²) in [5.41, 5.74) is 12.2. The average molecular weight is 720 g/mol. The molecule has 0 bridgehead atoms. The highest BCUT2D eigenvalue weighted by Crippen LogP contribution is 2.45. The summed E-state index contributed by atoms with van der Waals surface area (Å²) in [7, 11) is 0. The number of anilines is 3. The molecule has 0 aliphatic heterocycles. The number of rotatable bonds is 6. The number of hydrogen-bond donors (Lipinski definition) is 0. The minimum atomic E-state index is 0.874. The van der Waals surface area contributed by atoms with Crippen molar-refractivity contribution in [1.29, 1.82) is 0 Å². The Kier molecular flexibility index (Phi) is 7.39. The molecule has 0 N–H and O–H groups in total. The van der Waals surface area contributed by atoms with Crippen molar-refractivity contribution in [1.82, 2.24) is 0 Å². The van der Waals surface area contributed by atoms with Crippen molar-refractivity contribution in [3.8, 4) is 33.4 Å². The van der Waals surface area contributed by atoms with Gasteiger partial charge in [-0.05, 0) is 105 Å². The number of fused-ring (bicyclic) bond motifs is 7. The highest BCUT2D eigenvalue weighted by atomic mass is 32.1. The molecule has 2 nitrogen and oxygen atoms in total. The van der Waals surface area contributed by atoms with Crippen LogP contribution in [-0.2, 0) is 0 Å². The summed E-state index contributed by atoms with van der Waals surface area (Å²) in [6.07, 6.45) is 0. The molecule has 0 saturated carbocycles. The summed E-state index contributed by atoms with van der Waals surface area (Å²) in [4.78, 5) is 2.36. The first-order valence-corrected chi connectivity index (χ1v) is 19.5. The Labute approximate surface area is 322 Å². The zero-order valence-electron chi connectivity index (χ0n) is 29.8. The first-order valence-electron chi connectivity index (χ1n) is 18.7. The normalized spacial score (nSPS) is 11.6. The van der Waals surface area contributed by atoms with E-state index in [2.05, 4.69) is 193 Å². The Morgan fingerprint density at radius 3 is 1.82 bits per heavy atom. The van der Waals surface area contributed by atoms with Crippen LogP contribution in [0.25, 0.3) is 86.3 Å². The molecule has 0 aliphatic rings. The quantitative estimate of drug-likeness (QED) is 0.170. The fourth-order valence-corrected chi connectivity index (χ4v) is 9.42. The van der Waals surface area contributed by atoms with E-state index in [0.717, 1.165) is 39.0 Å². The molecule has 11 rings (SSSR count). The molecule has 55 heavy (non-hydrogen) atoms. The van der Waals surface area contributed by atoms with Gasteiger partial charge in [-0.25, -0.2) is 0 Å². The molecule has 3 heteroatoms. The molecule has 11 aromatic rings. The summed E-state index contributed by atoms with van der Waals surface area (Å²) in [6, 6.07) is 72.2. The molecule has 9 aromatic carbocycles. The summed E-state index contributed by atoms with van der Waals surface area (Å²) < 4.78 is 9.02. The van der Waals surface area contributed by atoms with Crippen LogP contribution < -0.4 is 4.90 Å². The lowest BCUT2D eigenvalue weighted by Gasteiger charge is -2.26. The van der Waals surface area contributed by atoms with Crippen molar-refractivity contribution in [3.63, 3.8) is 0 Å². The van der Waals surface area contributed by atoms with E-state index in [1.165, 1.54) is 64.3 Å². The summed E-state index contributed by atoms with van der Waals surface area (Å²) >= 11 is 1.87. The number of furan rings is 1. The Morgan fingerprint density at radius 1 is 0.382 bits per heavy atom. The molecule has 2 aromatic heterocycles. The van der Waals surface area contributed by atoms with Gasteiger partial charge in [-0.3, -0.25) is 0 Å². The largest absolute Gasteiger partial charge is 0.456 e. The number of para-hydroxylation sites is 1. The van der Waals surface area contributed by atoms with Gasteiger partial charge in [0.05, 0.1) is 11.1 Å². The molecule has 0 saturated heterocycles. The van der Waals surface area contributed by atoms with E-state index in [9.17, 15) is 0 Å². The Balaban J connectivity index is 1.01. The second kappa shape index (κ2) is 12.9. The maximum atomic E-state index is 6.38. The van der Waals surface area contributed by atoms with Crippen molar-refractivity contribution in [3.05, 3.63) is 200 Å². The molecule has 258 valence electrons. The monoisotopic (exact) mass is 719 g/mol. The van der Waals surface area contributed by atoms with E-state index >= 15 is 0 Å². The topological polar surface area (TPSA) is 16.4 Å². The van der Waals surface area contributed by atoms with Crippen LogP contribution in [0.2, 0.25) is 0 Å². The maximum Gasteiger partial charge on any atom is 0.137 e. The zero-order valence-corrected chi connectivity index (χ0v) is 30.6. The first-order chi connectivity index (χ1) is 27.2. The van der Waals surface area contributed by atoms with Crippen LogP contribution in [0.15, 0.2) is 205 Å². The van der Waals surface area contributed by atoms with Crippen molar-refractivity contribution in [2.75, 3.05) is 4.90 Å². The Bertz CT molecular complexity index is 3210. The summed E-state index contributed by atoms with van der Waals surface area (Å²) in [5, 5.41) is 7.34. The molecule has 2 heterocycles. The lowest BCUT2D eigenvalue weighted by Crippen LogP contribution is -2.10. The number of thiophene rings is 1. The molecule has 0 amide bonds. The van der Waals surface area contributed by atoms with Crippen molar-refractivity contribution >= 4 is 81.3 Å². The fraction of sp³-hybridized carbons (Fsp3) is 0. The second-order valence-corrected chi connectivity index (χ2v) is 15.2. The van der Waals surface area contributed by atoms with Gasteiger partial charge in [0.1, 0.15) is 11.2 Å². The van der Waals surface area contributed by atoms with Gasteiger partial charge in [-0.2, -0.15) is 0 Å². The van der Waals surface area contributed by atoms with Gasteiger partial charge in [-0.1, -0.05) is 140 Å². The van der Waals surface area contributed by atoms with Crippen LogP contribution in [0.4, 0.5) is 17.1 Å². The molecule has 0 unspecified atom stereocenters. The number of nitrogens with zero attached hydrogens (tertiary/aromatic N) is 1. The number of hydrogen-bond acceptors (Lipinski definition) is 3. The van der Waals surface area contributed by atoms with Gasteiger partial charge in [0, 0.05) is 36.9 Å². The average Bonchev–Trinajstić information content (AvgIpc) is 3.83. The summed E-state index contributed by atoms with van der Waals surface area (Å²) in [6.45, 7) is 0. The smallest absolute Gasteiger partial charge is 0.137 e. The Morgan fingerprint density at radius 2 is 0.982 bits per heavy atom. The molecule has 0 atom stereocenters. The second-order valence-electron chi connectivity index (χ2n) is 14.1. The first kappa shape index (κ1) is 31.6. The molecular weight excluding hydrogens is 687 g/mol. The molecule has 0 radical (unpaired) electrons. The van der Waals surface area contributed by atoms with Gasteiger partial charge in [-0.15, -0.1) is 11.3 Å². The van der Waals surface area contributed by atoms with Crippen molar-refractivity contribution in [2.24, 2.45) is 0 Å². The molecule has 0 aliphatic carbocycles. The van der Waals surface area contributed by atoms with Gasteiger partial charge in [0.25, 0.3) is 0 Å². The standard InChI is InChI=1S/C52H33NOS/c1-2-11-37-33-40(23-22-34(37)10-1)39-13-7-12-38(32-39)35-24-28-41(29-25-35)53(47-18-9-20-49-51(47)46-15-3-5-19-48(46)54-49)42-30-26-36(27-31-42)43-16-8-17-45-44-14-4-6-21-50(44)55-52(43)45/h1-33H. The van der Waals surface area contributed by atoms with E-state index < -0.39 is 0 Å². The third kappa shape index (κ3) is 5.40. The van der Waals surface area contributed by atoms with Crippen LogP contribution in [-0.4, -0.2) is 0 Å². The van der Waals surface area contributed by atoms with Gasteiger partial charge in [0.15, 0.2) is 0 Å². The maximum absolute atomic E-state index is 6.38. The van der Waals surface area contributed by atoms with Gasteiger partial charge in [0.2, 0.25) is 0 Å². The molecule has 0 spiro atoms. The van der Waals surface area contributed by atoms with E-state index in [4.69, 9.17) is 4.42 Å². The van der Waals surface area contributed by atoms with Crippen LogP contribution >= 0.6 is 11.3 Å². The lowest BCUT2D eigenvalue weighted by atomic mass is 9.97. The van der Waals surface area contributed by atoms with Gasteiger partial charge < -0.3 is 9.32 Å². The predicted molar refractivity (Wildman–Crippen MR) is 235 cm³/mol. The lowest BCUT2D eigenvalue weighted by molar-refractivity contribution is 0.669. The highest BCUT2D eigenvalue weighted by Gasteiger charge is 2.20. The third-order valence-corrected chi connectivity index (χ3v) is 12.1. The van der Waals surface area contributed by atoms with Crippen LogP contribution in [0.5, 0.6) is 0 Å². The fourth-order valence-electron chi connectivity index (χ4n) is 8.18. The molecular formula is C52H33NOS. The Hall–Kier alpha value is -6.94. The van der Waals surface area contributed by atoms with E-state index in [0.29, 0.717) is 0 Å². The van der Waals surface area contributed by atoms with Crippen molar-refractivity contribution < 1.29 is 4.42 Å². The highest BCUT2D eigenvalue weighted by molar-refractivity contribution is 7.26. The van der Waals surface area contributed by atoms with Gasteiger partial charge >= 0.3 is 0 Å². The van der Waals surface area contributed by atoms with E-state index in [-0.39, 0.29) is 0 Å². The zero-order chi connectivity index (χ0) is 36.3. The third-order valence-electron chi connectivity index (χ3n) is 10.9. The van der Waals surface area contributed by atoms with Crippen molar-refractivity contribution in [2.45, 2.75) is 0 Å².